The van der Waals surface area contributed by atoms with E-state index in [-0.39, 0.29) is 18.0 Å². The van der Waals surface area contributed by atoms with E-state index in [0.29, 0.717) is 15.7 Å². The summed E-state index contributed by atoms with van der Waals surface area (Å²) in [6.45, 7) is 0.202. The van der Waals surface area contributed by atoms with Crippen LogP contribution in [0, 0.1) is 15.9 Å². The predicted octanol–water partition coefficient (Wildman–Crippen LogP) is 3.81. The van der Waals surface area contributed by atoms with Gasteiger partial charge in [0.05, 0.1) is 9.40 Å². The molecule has 0 saturated heterocycles. The van der Waals surface area contributed by atoms with Crippen LogP contribution in [-0.2, 0) is 6.54 Å². The second kappa shape index (κ2) is 5.87. The smallest absolute Gasteiger partial charge is 0.283 e. The van der Waals surface area contributed by atoms with Crippen molar-refractivity contribution in [1.82, 2.24) is 0 Å². The highest BCUT2D eigenvalue weighted by molar-refractivity contribution is 9.10. The van der Waals surface area contributed by atoms with Gasteiger partial charge in [-0.05, 0) is 46.3 Å². The standard InChI is InChI=1S/C13H10BrFN2O3/c14-11-6-10(2-3-12(11)17(19)20)16-7-8-5-9(15)1-4-13(8)18/h1-6,16,18H,7H2. The number of halogens is 2. The first-order valence-corrected chi connectivity index (χ1v) is 6.42. The van der Waals surface area contributed by atoms with Crippen molar-refractivity contribution in [3.8, 4) is 5.75 Å². The van der Waals surface area contributed by atoms with Crippen LogP contribution >= 0.6 is 15.9 Å². The fraction of sp³-hybridized carbons (Fsp3) is 0.0769. The van der Waals surface area contributed by atoms with Gasteiger partial charge in [0.25, 0.3) is 5.69 Å². The molecular formula is C13H10BrFN2O3. The first kappa shape index (κ1) is 14.3. The Hall–Kier alpha value is -2.15. The Bertz CT molecular complexity index is 664. The fourth-order valence-corrected chi connectivity index (χ4v) is 2.18. The largest absolute Gasteiger partial charge is 0.508 e. The van der Waals surface area contributed by atoms with Gasteiger partial charge in [0.1, 0.15) is 11.6 Å². The van der Waals surface area contributed by atoms with Crippen molar-refractivity contribution in [3.63, 3.8) is 0 Å². The summed E-state index contributed by atoms with van der Waals surface area (Å²) in [5.41, 5.74) is 0.981. The van der Waals surface area contributed by atoms with E-state index in [9.17, 15) is 19.6 Å². The first-order chi connectivity index (χ1) is 9.47. The van der Waals surface area contributed by atoms with Crippen molar-refractivity contribution in [1.29, 1.82) is 0 Å². The monoisotopic (exact) mass is 340 g/mol. The fourth-order valence-electron chi connectivity index (χ4n) is 1.66. The molecule has 0 fully saturated rings. The van der Waals surface area contributed by atoms with Crippen LogP contribution in [0.2, 0.25) is 0 Å². The minimum Gasteiger partial charge on any atom is -0.508 e. The number of hydrogen-bond donors (Lipinski definition) is 2. The van der Waals surface area contributed by atoms with Gasteiger partial charge in [-0.3, -0.25) is 10.1 Å². The minimum atomic E-state index is -0.494. The lowest BCUT2D eigenvalue weighted by Crippen LogP contribution is -2.01. The maximum Gasteiger partial charge on any atom is 0.283 e. The topological polar surface area (TPSA) is 75.4 Å². The molecule has 7 heteroatoms. The van der Waals surface area contributed by atoms with E-state index in [1.54, 1.807) is 12.1 Å². The Labute approximate surface area is 122 Å². The Morgan fingerprint density at radius 3 is 2.70 bits per heavy atom. The number of nitro benzene ring substituents is 1. The number of benzene rings is 2. The van der Waals surface area contributed by atoms with Gasteiger partial charge < -0.3 is 10.4 Å². The van der Waals surface area contributed by atoms with E-state index in [4.69, 9.17) is 0 Å². The molecule has 0 bridgehead atoms. The molecule has 0 atom stereocenters. The summed E-state index contributed by atoms with van der Waals surface area (Å²) in [5.74, 6) is -0.454. The summed E-state index contributed by atoms with van der Waals surface area (Å²) in [6, 6.07) is 8.12. The highest BCUT2D eigenvalue weighted by Crippen LogP contribution is 2.28. The number of phenolic OH excluding ortho intramolecular Hbond substituents is 1. The van der Waals surface area contributed by atoms with E-state index < -0.39 is 10.7 Å². The summed E-state index contributed by atoms with van der Waals surface area (Å²) >= 11 is 3.11. The van der Waals surface area contributed by atoms with E-state index in [1.807, 2.05) is 0 Å². The lowest BCUT2D eigenvalue weighted by molar-refractivity contribution is -0.385. The van der Waals surface area contributed by atoms with E-state index in [0.717, 1.165) is 0 Å². The highest BCUT2D eigenvalue weighted by atomic mass is 79.9. The van der Waals surface area contributed by atoms with Gasteiger partial charge >= 0.3 is 0 Å². The predicted molar refractivity (Wildman–Crippen MR) is 76.2 cm³/mol. The average Bonchev–Trinajstić information content (AvgIpc) is 2.39. The summed E-state index contributed by atoms with van der Waals surface area (Å²) in [5, 5.41) is 23.2. The van der Waals surface area contributed by atoms with Gasteiger partial charge in [-0.2, -0.15) is 0 Å². The number of anilines is 1. The van der Waals surface area contributed by atoms with Crippen LogP contribution in [0.5, 0.6) is 5.75 Å². The van der Waals surface area contributed by atoms with Crippen LogP contribution in [0.4, 0.5) is 15.8 Å². The number of aromatic hydroxyl groups is 1. The lowest BCUT2D eigenvalue weighted by atomic mass is 10.2. The van der Waals surface area contributed by atoms with Gasteiger partial charge in [-0.15, -0.1) is 0 Å². The third-order valence-electron chi connectivity index (χ3n) is 2.67. The van der Waals surface area contributed by atoms with Crippen molar-refractivity contribution < 1.29 is 14.4 Å². The molecule has 0 aliphatic rings. The molecule has 0 spiro atoms. The molecule has 0 heterocycles. The molecule has 0 saturated carbocycles. The molecule has 5 nitrogen and oxygen atoms in total. The maximum atomic E-state index is 13.1. The van der Waals surface area contributed by atoms with Crippen molar-refractivity contribution in [3.05, 3.63) is 62.4 Å². The third-order valence-corrected chi connectivity index (χ3v) is 3.30. The van der Waals surface area contributed by atoms with E-state index in [2.05, 4.69) is 21.2 Å². The molecule has 0 aliphatic heterocycles. The van der Waals surface area contributed by atoms with Gasteiger partial charge in [-0.25, -0.2) is 4.39 Å². The molecule has 0 aliphatic carbocycles. The van der Waals surface area contributed by atoms with E-state index >= 15 is 0 Å². The molecule has 2 aromatic rings. The molecule has 0 amide bonds. The molecule has 2 aromatic carbocycles. The molecule has 2 N–H and O–H groups in total. The van der Waals surface area contributed by atoms with Crippen LogP contribution in [0.1, 0.15) is 5.56 Å². The number of nitrogens with zero attached hydrogens (tertiary/aromatic N) is 1. The van der Waals surface area contributed by atoms with Gasteiger partial charge in [0.2, 0.25) is 0 Å². The number of rotatable bonds is 4. The number of nitrogens with one attached hydrogen (secondary N) is 1. The quantitative estimate of drug-likeness (QED) is 0.655. The Morgan fingerprint density at radius 2 is 2.05 bits per heavy atom. The highest BCUT2D eigenvalue weighted by Gasteiger charge is 2.11. The second-order valence-electron chi connectivity index (χ2n) is 4.05. The average molecular weight is 341 g/mol. The molecular weight excluding hydrogens is 331 g/mol. The van der Waals surface area contributed by atoms with Crippen LogP contribution in [0.3, 0.4) is 0 Å². The van der Waals surface area contributed by atoms with Gasteiger partial charge in [0.15, 0.2) is 0 Å². The van der Waals surface area contributed by atoms with Crippen LogP contribution in [0.15, 0.2) is 40.9 Å². The Kier molecular flexibility index (Phi) is 4.19. The normalized spacial score (nSPS) is 10.3. The molecule has 2 rings (SSSR count). The summed E-state index contributed by atoms with van der Waals surface area (Å²) < 4.78 is 13.4. The first-order valence-electron chi connectivity index (χ1n) is 5.62. The van der Waals surface area contributed by atoms with Crippen LogP contribution in [-0.4, -0.2) is 10.0 Å². The number of nitro groups is 1. The van der Waals surface area contributed by atoms with Crippen molar-refractivity contribution in [2.75, 3.05) is 5.32 Å². The molecule has 104 valence electrons. The summed E-state index contributed by atoms with van der Waals surface area (Å²) in [6.07, 6.45) is 0. The van der Waals surface area contributed by atoms with Gasteiger partial charge in [0, 0.05) is 23.9 Å². The molecule has 20 heavy (non-hydrogen) atoms. The van der Waals surface area contributed by atoms with Crippen molar-refractivity contribution in [2.45, 2.75) is 6.54 Å². The van der Waals surface area contributed by atoms with Crippen LogP contribution < -0.4 is 5.32 Å². The summed E-state index contributed by atoms with van der Waals surface area (Å²) in [4.78, 5) is 10.2. The SMILES string of the molecule is O=[N+]([O-])c1ccc(NCc2cc(F)ccc2O)cc1Br. The lowest BCUT2D eigenvalue weighted by Gasteiger charge is -2.08. The van der Waals surface area contributed by atoms with Gasteiger partial charge in [-0.1, -0.05) is 0 Å². The molecule has 0 radical (unpaired) electrons. The molecule has 0 unspecified atom stereocenters. The van der Waals surface area contributed by atoms with Crippen LogP contribution in [0.25, 0.3) is 0 Å². The second-order valence-corrected chi connectivity index (χ2v) is 4.90. The Balaban J connectivity index is 2.13. The zero-order valence-corrected chi connectivity index (χ0v) is 11.7. The number of phenols is 1. The molecule has 0 aromatic heterocycles. The van der Waals surface area contributed by atoms with Crippen molar-refractivity contribution in [2.24, 2.45) is 0 Å². The summed E-state index contributed by atoms with van der Waals surface area (Å²) in [7, 11) is 0. The minimum absolute atomic E-state index is 0.0140. The zero-order valence-electron chi connectivity index (χ0n) is 10.1. The third kappa shape index (κ3) is 3.24. The van der Waals surface area contributed by atoms with E-state index in [1.165, 1.54) is 24.3 Å². The Morgan fingerprint density at radius 1 is 1.30 bits per heavy atom. The zero-order chi connectivity index (χ0) is 14.7. The van der Waals surface area contributed by atoms with Crippen molar-refractivity contribution >= 4 is 27.3 Å². The maximum absolute atomic E-state index is 13.1. The number of hydrogen-bond acceptors (Lipinski definition) is 4.